The average molecular weight is 329 g/mol. The van der Waals surface area contributed by atoms with Crippen LogP contribution in [0.4, 0.5) is 0 Å². The Bertz CT molecular complexity index is 670. The summed E-state index contributed by atoms with van der Waals surface area (Å²) in [7, 11) is 0. The molecular weight excluding hydrogens is 306 g/mol. The summed E-state index contributed by atoms with van der Waals surface area (Å²) in [4.78, 5) is 2.50. The molecule has 0 spiro atoms. The lowest BCUT2D eigenvalue weighted by atomic mass is 10.0. The Hall–Kier alpha value is -1.51. The highest BCUT2D eigenvalue weighted by Crippen LogP contribution is 2.26. The van der Waals surface area contributed by atoms with Gasteiger partial charge in [0.15, 0.2) is 0 Å². The van der Waals surface area contributed by atoms with Crippen LogP contribution in [0.3, 0.4) is 0 Å². The minimum absolute atomic E-state index is 0. The van der Waals surface area contributed by atoms with E-state index in [1.165, 1.54) is 41.5 Å². The zero-order chi connectivity index (χ0) is 14.8. The molecule has 1 aliphatic carbocycles. The number of halogens is 1. The van der Waals surface area contributed by atoms with E-state index in [2.05, 4.69) is 47.4 Å². The number of rotatable bonds is 4. The first-order chi connectivity index (χ1) is 10.9. The normalized spacial score (nSPS) is 16.3. The van der Waals surface area contributed by atoms with E-state index in [0.717, 1.165) is 38.4 Å². The third-order valence-corrected chi connectivity index (χ3v) is 4.96. The molecule has 2 nitrogen and oxygen atoms in total. The minimum Gasteiger partial charge on any atom is -1.00 e. The van der Waals surface area contributed by atoms with Crippen LogP contribution in [0.1, 0.15) is 28.7 Å². The summed E-state index contributed by atoms with van der Waals surface area (Å²) >= 11 is 0. The lowest BCUT2D eigenvalue weighted by molar-refractivity contribution is -0.00000496. The van der Waals surface area contributed by atoms with Gasteiger partial charge < -0.3 is 17.1 Å². The third kappa shape index (κ3) is 3.70. The highest BCUT2D eigenvalue weighted by atomic mass is 35.5. The molecule has 122 valence electrons. The predicted molar refractivity (Wildman–Crippen MR) is 89.4 cm³/mol. The van der Waals surface area contributed by atoms with Gasteiger partial charge in [0, 0.05) is 19.6 Å². The van der Waals surface area contributed by atoms with Crippen LogP contribution >= 0.6 is 0 Å². The van der Waals surface area contributed by atoms with Crippen molar-refractivity contribution in [1.82, 2.24) is 4.90 Å². The van der Waals surface area contributed by atoms with Crippen LogP contribution < -0.4 is 17.1 Å². The molecule has 0 radical (unpaired) electrons. The summed E-state index contributed by atoms with van der Waals surface area (Å²) < 4.78 is 5.98. The Morgan fingerprint density at radius 2 is 1.65 bits per heavy atom. The van der Waals surface area contributed by atoms with E-state index in [1.54, 1.807) is 0 Å². The molecule has 0 saturated heterocycles. The monoisotopic (exact) mass is 328 g/mol. The van der Waals surface area contributed by atoms with Gasteiger partial charge in [-0.25, -0.2) is 0 Å². The number of fused-ring (bicyclic) bond motifs is 2. The van der Waals surface area contributed by atoms with Crippen molar-refractivity contribution < 1.29 is 17.1 Å². The second-order valence-corrected chi connectivity index (χ2v) is 6.43. The summed E-state index contributed by atoms with van der Waals surface area (Å²) in [6, 6.07) is 15.4. The Labute approximate surface area is 144 Å². The standard InChI is InChI=1S/C20H23NO.ClH/c1-2-5-19-15-21(11-10-17(19)4-1)12-13-22-20-9-8-16-6-3-7-18(16)14-20;/h1-2,4-5,8-9,14H,3,6-7,10-13,15H2;1H/p-1. The zero-order valence-corrected chi connectivity index (χ0v) is 14.2. The first-order valence-electron chi connectivity index (χ1n) is 8.42. The van der Waals surface area contributed by atoms with E-state index in [9.17, 15) is 0 Å². The quantitative estimate of drug-likeness (QED) is 0.816. The summed E-state index contributed by atoms with van der Waals surface area (Å²) in [5.74, 6) is 1.04. The lowest BCUT2D eigenvalue weighted by Crippen LogP contribution is -3.00. The predicted octanol–water partition coefficient (Wildman–Crippen LogP) is 0.616. The van der Waals surface area contributed by atoms with Gasteiger partial charge in [0.2, 0.25) is 0 Å². The van der Waals surface area contributed by atoms with Crippen LogP contribution in [0.2, 0.25) is 0 Å². The maximum absolute atomic E-state index is 5.98. The minimum atomic E-state index is 0. The number of nitrogens with zero attached hydrogens (tertiary/aromatic N) is 1. The Morgan fingerprint density at radius 1 is 0.870 bits per heavy atom. The van der Waals surface area contributed by atoms with E-state index in [0.29, 0.717) is 0 Å². The van der Waals surface area contributed by atoms with Crippen LogP contribution in [0.25, 0.3) is 0 Å². The molecule has 2 aromatic rings. The van der Waals surface area contributed by atoms with Crippen molar-refractivity contribution in [2.75, 3.05) is 19.7 Å². The van der Waals surface area contributed by atoms with Crippen molar-refractivity contribution in [1.29, 1.82) is 0 Å². The molecule has 1 heterocycles. The van der Waals surface area contributed by atoms with E-state index in [4.69, 9.17) is 4.74 Å². The third-order valence-electron chi connectivity index (χ3n) is 4.96. The molecular formula is C20H23ClNO-. The number of hydrogen-bond donors (Lipinski definition) is 0. The number of benzene rings is 2. The summed E-state index contributed by atoms with van der Waals surface area (Å²) in [6.45, 7) is 3.99. The Kier molecular flexibility index (Phi) is 5.24. The Morgan fingerprint density at radius 3 is 2.57 bits per heavy atom. The molecule has 2 aromatic carbocycles. The molecule has 0 aromatic heterocycles. The van der Waals surface area contributed by atoms with E-state index >= 15 is 0 Å². The molecule has 0 fully saturated rings. The molecule has 2 aliphatic rings. The molecule has 1 aliphatic heterocycles. The van der Waals surface area contributed by atoms with Crippen molar-refractivity contribution in [2.45, 2.75) is 32.2 Å². The van der Waals surface area contributed by atoms with Gasteiger partial charge in [-0.2, -0.15) is 0 Å². The van der Waals surface area contributed by atoms with Gasteiger partial charge in [-0.05, 0) is 60.1 Å². The fraction of sp³-hybridized carbons (Fsp3) is 0.400. The maximum Gasteiger partial charge on any atom is 0.119 e. The topological polar surface area (TPSA) is 12.5 Å². The van der Waals surface area contributed by atoms with Gasteiger partial charge in [0.25, 0.3) is 0 Å². The van der Waals surface area contributed by atoms with E-state index < -0.39 is 0 Å². The Balaban J connectivity index is 0.00000156. The van der Waals surface area contributed by atoms with Gasteiger partial charge in [-0.15, -0.1) is 0 Å². The van der Waals surface area contributed by atoms with Crippen LogP contribution in [-0.2, 0) is 25.8 Å². The smallest absolute Gasteiger partial charge is 0.119 e. The zero-order valence-electron chi connectivity index (χ0n) is 13.4. The molecule has 4 rings (SSSR count). The fourth-order valence-corrected chi connectivity index (χ4v) is 3.68. The van der Waals surface area contributed by atoms with Crippen LogP contribution in [0, 0.1) is 0 Å². The maximum atomic E-state index is 5.98. The lowest BCUT2D eigenvalue weighted by Gasteiger charge is -2.28. The van der Waals surface area contributed by atoms with Crippen LogP contribution in [0.5, 0.6) is 5.75 Å². The summed E-state index contributed by atoms with van der Waals surface area (Å²) in [6.07, 6.45) is 4.92. The van der Waals surface area contributed by atoms with Gasteiger partial charge >= 0.3 is 0 Å². The fourth-order valence-electron chi connectivity index (χ4n) is 3.68. The van der Waals surface area contributed by atoms with Crippen molar-refractivity contribution in [3.05, 3.63) is 64.7 Å². The van der Waals surface area contributed by atoms with Crippen molar-refractivity contribution >= 4 is 0 Å². The highest BCUT2D eigenvalue weighted by Gasteiger charge is 2.15. The van der Waals surface area contributed by atoms with Gasteiger partial charge in [-0.3, -0.25) is 4.90 Å². The molecule has 0 atom stereocenters. The molecule has 0 bridgehead atoms. The first kappa shape index (κ1) is 16.4. The number of ether oxygens (including phenoxy) is 1. The first-order valence-corrected chi connectivity index (χ1v) is 8.42. The van der Waals surface area contributed by atoms with Gasteiger partial charge in [0.05, 0.1) is 0 Å². The molecule has 23 heavy (non-hydrogen) atoms. The molecule has 0 amide bonds. The van der Waals surface area contributed by atoms with Crippen molar-refractivity contribution in [3.8, 4) is 5.75 Å². The second-order valence-electron chi connectivity index (χ2n) is 6.43. The number of aryl methyl sites for hydroxylation is 2. The van der Waals surface area contributed by atoms with E-state index in [1.807, 2.05) is 0 Å². The molecule has 0 N–H and O–H groups in total. The summed E-state index contributed by atoms with van der Waals surface area (Å²) in [5, 5.41) is 0. The van der Waals surface area contributed by atoms with Crippen LogP contribution in [0.15, 0.2) is 42.5 Å². The van der Waals surface area contributed by atoms with Gasteiger partial charge in [0.1, 0.15) is 12.4 Å². The van der Waals surface area contributed by atoms with Crippen LogP contribution in [-0.4, -0.2) is 24.6 Å². The average Bonchev–Trinajstić information content (AvgIpc) is 3.02. The van der Waals surface area contributed by atoms with Gasteiger partial charge in [-0.1, -0.05) is 30.3 Å². The van der Waals surface area contributed by atoms with Crippen molar-refractivity contribution in [2.24, 2.45) is 0 Å². The SMILES string of the molecule is [Cl-].c1ccc2c(c1)CCN(CCOc1ccc3c(c1)CCC3)C2. The second kappa shape index (κ2) is 7.37. The molecule has 0 saturated carbocycles. The highest BCUT2D eigenvalue weighted by molar-refractivity contribution is 5.38. The van der Waals surface area contributed by atoms with Crippen molar-refractivity contribution in [3.63, 3.8) is 0 Å². The van der Waals surface area contributed by atoms with E-state index in [-0.39, 0.29) is 12.4 Å². The summed E-state index contributed by atoms with van der Waals surface area (Å²) in [5.41, 5.74) is 5.99. The molecule has 3 heteroatoms. The largest absolute Gasteiger partial charge is 1.00 e. The molecule has 0 unspecified atom stereocenters. The number of hydrogen-bond acceptors (Lipinski definition) is 2.